The van der Waals surface area contributed by atoms with Crippen molar-refractivity contribution in [1.29, 1.82) is 0 Å². The maximum absolute atomic E-state index is 12.7. The average Bonchev–Trinajstić information content (AvgIpc) is 2.53. The van der Waals surface area contributed by atoms with Gasteiger partial charge < -0.3 is 9.64 Å². The lowest BCUT2D eigenvalue weighted by molar-refractivity contribution is 0.00436. The summed E-state index contributed by atoms with van der Waals surface area (Å²) in [6, 6.07) is 9.59. The first-order valence-corrected chi connectivity index (χ1v) is 7.13. The molecule has 0 radical (unpaired) electrons. The molecule has 5 heteroatoms. The molecule has 1 amide bonds. The number of hydrogen-bond donors (Lipinski definition) is 0. The zero-order valence-electron chi connectivity index (χ0n) is 11.0. The third kappa shape index (κ3) is 2.37. The zero-order valence-corrected chi connectivity index (χ0v) is 11.7. The molecular weight excluding hydrogens is 276 g/mol. The van der Waals surface area contributed by atoms with E-state index in [0.717, 1.165) is 10.8 Å². The average molecular weight is 291 g/mol. The van der Waals surface area contributed by atoms with E-state index < -0.39 is 0 Å². The number of benzene rings is 1. The number of amides is 1. The molecule has 1 unspecified atom stereocenters. The highest BCUT2D eigenvalue weighted by molar-refractivity contribution is 6.18. The van der Waals surface area contributed by atoms with Crippen molar-refractivity contribution in [2.24, 2.45) is 0 Å². The Morgan fingerprint density at radius 2 is 2.25 bits per heavy atom. The predicted octanol–water partition coefficient (Wildman–Crippen LogP) is 2.31. The number of ether oxygens (including phenoxy) is 1. The first-order chi connectivity index (χ1) is 9.81. The molecule has 2 aromatic rings. The molecular formula is C15H15ClN2O2. The van der Waals surface area contributed by atoms with Crippen LogP contribution in [0.2, 0.25) is 0 Å². The third-order valence-corrected chi connectivity index (χ3v) is 3.90. The third-order valence-electron chi connectivity index (χ3n) is 3.54. The van der Waals surface area contributed by atoms with E-state index in [1.54, 1.807) is 11.1 Å². The molecule has 0 spiro atoms. The topological polar surface area (TPSA) is 42.4 Å². The second-order valence-electron chi connectivity index (χ2n) is 4.76. The summed E-state index contributed by atoms with van der Waals surface area (Å²) in [5.74, 6) is 0.298. The van der Waals surface area contributed by atoms with E-state index in [-0.39, 0.29) is 11.9 Å². The molecule has 20 heavy (non-hydrogen) atoms. The van der Waals surface area contributed by atoms with Crippen LogP contribution >= 0.6 is 11.6 Å². The van der Waals surface area contributed by atoms with Gasteiger partial charge >= 0.3 is 0 Å². The van der Waals surface area contributed by atoms with Gasteiger partial charge in [0.15, 0.2) is 0 Å². The lowest BCUT2D eigenvalue weighted by atomic mass is 10.1. The molecule has 1 fully saturated rings. The van der Waals surface area contributed by atoms with Crippen molar-refractivity contribution in [3.8, 4) is 0 Å². The van der Waals surface area contributed by atoms with Crippen molar-refractivity contribution in [2.45, 2.75) is 6.04 Å². The normalized spacial score (nSPS) is 19.2. The molecule has 1 atom stereocenters. The summed E-state index contributed by atoms with van der Waals surface area (Å²) < 4.78 is 5.38. The highest BCUT2D eigenvalue weighted by atomic mass is 35.5. The van der Waals surface area contributed by atoms with E-state index in [9.17, 15) is 4.79 Å². The molecule has 3 rings (SSSR count). The number of nitrogens with zero attached hydrogens (tertiary/aromatic N) is 2. The number of morpholine rings is 1. The summed E-state index contributed by atoms with van der Waals surface area (Å²) in [6.07, 6.45) is 1.67. The Balaban J connectivity index is 1.99. The van der Waals surface area contributed by atoms with Crippen LogP contribution < -0.4 is 0 Å². The van der Waals surface area contributed by atoms with Crippen LogP contribution in [0, 0.1) is 0 Å². The van der Waals surface area contributed by atoms with E-state index in [0.29, 0.717) is 31.3 Å². The monoisotopic (exact) mass is 290 g/mol. The number of rotatable bonds is 2. The summed E-state index contributed by atoms with van der Waals surface area (Å²) in [5, 5.41) is 1.89. The number of carbonyl (C=O) groups excluding carboxylic acids is 1. The molecule has 2 heterocycles. The minimum absolute atomic E-state index is 0.0734. The number of aromatic nitrogens is 1. The number of alkyl halides is 1. The van der Waals surface area contributed by atoms with Crippen LogP contribution in [0.25, 0.3) is 10.8 Å². The van der Waals surface area contributed by atoms with Crippen LogP contribution in [-0.4, -0.2) is 47.5 Å². The lowest BCUT2D eigenvalue weighted by Crippen LogP contribution is -2.49. The largest absolute Gasteiger partial charge is 0.377 e. The van der Waals surface area contributed by atoms with Gasteiger partial charge in [0.1, 0.15) is 5.69 Å². The van der Waals surface area contributed by atoms with Crippen LogP contribution in [0.4, 0.5) is 0 Å². The van der Waals surface area contributed by atoms with Gasteiger partial charge in [-0.05, 0) is 11.5 Å². The highest BCUT2D eigenvalue weighted by Gasteiger charge is 2.28. The van der Waals surface area contributed by atoms with Crippen molar-refractivity contribution >= 4 is 28.3 Å². The van der Waals surface area contributed by atoms with Gasteiger partial charge in [-0.1, -0.05) is 24.3 Å². The molecule has 0 N–H and O–H groups in total. The summed E-state index contributed by atoms with van der Waals surface area (Å²) in [4.78, 5) is 18.8. The smallest absolute Gasteiger partial charge is 0.273 e. The summed E-state index contributed by atoms with van der Waals surface area (Å²) in [5.41, 5.74) is 0.486. The summed E-state index contributed by atoms with van der Waals surface area (Å²) >= 11 is 5.93. The molecule has 1 saturated heterocycles. The van der Waals surface area contributed by atoms with Crippen LogP contribution in [0.1, 0.15) is 10.5 Å². The molecule has 4 nitrogen and oxygen atoms in total. The Morgan fingerprint density at radius 1 is 1.40 bits per heavy atom. The fourth-order valence-corrected chi connectivity index (χ4v) is 2.73. The fraction of sp³-hybridized carbons (Fsp3) is 0.333. The van der Waals surface area contributed by atoms with Crippen LogP contribution in [0.15, 0.2) is 36.5 Å². The van der Waals surface area contributed by atoms with E-state index in [4.69, 9.17) is 16.3 Å². The molecule has 0 saturated carbocycles. The minimum Gasteiger partial charge on any atom is -0.377 e. The van der Waals surface area contributed by atoms with Gasteiger partial charge in [-0.3, -0.25) is 9.78 Å². The van der Waals surface area contributed by atoms with Crippen molar-refractivity contribution in [3.05, 3.63) is 42.2 Å². The highest BCUT2D eigenvalue weighted by Crippen LogP contribution is 2.20. The van der Waals surface area contributed by atoms with E-state index in [1.807, 2.05) is 30.3 Å². The van der Waals surface area contributed by atoms with Crippen LogP contribution in [0.3, 0.4) is 0 Å². The zero-order chi connectivity index (χ0) is 13.9. The SMILES string of the molecule is O=C(c1nccc2ccccc12)N1CCOCC1CCl. The van der Waals surface area contributed by atoms with Gasteiger partial charge in [-0.2, -0.15) is 0 Å². The maximum Gasteiger partial charge on any atom is 0.273 e. The Labute approximate surface area is 122 Å². The number of pyridine rings is 1. The molecule has 104 valence electrons. The Hall–Kier alpha value is -1.65. The Morgan fingerprint density at radius 3 is 3.10 bits per heavy atom. The van der Waals surface area contributed by atoms with Gasteiger partial charge in [-0.15, -0.1) is 11.6 Å². The van der Waals surface area contributed by atoms with Gasteiger partial charge in [0.25, 0.3) is 5.91 Å². The number of fused-ring (bicyclic) bond motifs is 1. The number of halogens is 1. The predicted molar refractivity (Wildman–Crippen MR) is 78.1 cm³/mol. The summed E-state index contributed by atoms with van der Waals surface area (Å²) in [6.45, 7) is 1.59. The van der Waals surface area contributed by atoms with Gasteiger partial charge in [0.05, 0.1) is 19.3 Å². The van der Waals surface area contributed by atoms with E-state index >= 15 is 0 Å². The maximum atomic E-state index is 12.7. The minimum atomic E-state index is -0.0846. The second kappa shape index (κ2) is 5.77. The fourth-order valence-electron chi connectivity index (χ4n) is 2.48. The van der Waals surface area contributed by atoms with E-state index in [1.165, 1.54) is 0 Å². The number of carbonyl (C=O) groups is 1. The summed E-state index contributed by atoms with van der Waals surface area (Å²) in [7, 11) is 0. The quantitative estimate of drug-likeness (QED) is 0.797. The second-order valence-corrected chi connectivity index (χ2v) is 5.07. The van der Waals surface area contributed by atoms with Crippen LogP contribution in [-0.2, 0) is 4.74 Å². The van der Waals surface area contributed by atoms with Gasteiger partial charge in [-0.25, -0.2) is 0 Å². The van der Waals surface area contributed by atoms with Crippen molar-refractivity contribution in [3.63, 3.8) is 0 Å². The van der Waals surface area contributed by atoms with Crippen molar-refractivity contribution in [2.75, 3.05) is 25.6 Å². The standard InChI is InChI=1S/C15H15ClN2O2/c16-9-12-10-20-8-7-18(12)15(19)14-13-4-2-1-3-11(13)5-6-17-14/h1-6,12H,7-10H2. The molecule has 1 aliphatic rings. The van der Waals surface area contributed by atoms with Crippen molar-refractivity contribution in [1.82, 2.24) is 9.88 Å². The van der Waals surface area contributed by atoms with Gasteiger partial charge in [0, 0.05) is 24.0 Å². The molecule has 0 bridgehead atoms. The Kier molecular flexibility index (Phi) is 3.85. The molecule has 0 aliphatic carbocycles. The van der Waals surface area contributed by atoms with Crippen molar-refractivity contribution < 1.29 is 9.53 Å². The first kappa shape index (κ1) is 13.3. The molecule has 1 aromatic carbocycles. The lowest BCUT2D eigenvalue weighted by Gasteiger charge is -2.34. The Bertz CT molecular complexity index is 627. The number of hydrogen-bond acceptors (Lipinski definition) is 3. The van der Waals surface area contributed by atoms with E-state index in [2.05, 4.69) is 4.98 Å². The first-order valence-electron chi connectivity index (χ1n) is 6.59. The molecule has 1 aliphatic heterocycles. The van der Waals surface area contributed by atoms with Crippen LogP contribution in [0.5, 0.6) is 0 Å². The van der Waals surface area contributed by atoms with Gasteiger partial charge in [0.2, 0.25) is 0 Å². The molecule has 1 aromatic heterocycles.